The zero-order valence-electron chi connectivity index (χ0n) is 30.6. The van der Waals surface area contributed by atoms with Crippen molar-refractivity contribution in [3.63, 3.8) is 0 Å². The largest absolute Gasteiger partial charge is 0.455 e. The molecular weight excluding hydrogens is 679 g/mol. The van der Waals surface area contributed by atoms with Crippen LogP contribution in [-0.4, -0.2) is 0 Å². The molecule has 0 N–H and O–H groups in total. The molecule has 11 rings (SSSR count). The maximum Gasteiger partial charge on any atom is 0.143 e. The number of benzene rings is 10. The van der Waals surface area contributed by atoms with Gasteiger partial charge in [-0.2, -0.15) is 0 Å². The molecule has 10 aromatic carbocycles. The first kappa shape index (κ1) is 32.0. The average molecular weight is 714 g/mol. The zero-order chi connectivity index (χ0) is 37.0. The van der Waals surface area contributed by atoms with Crippen LogP contribution in [-0.2, 0) is 0 Å². The van der Waals surface area contributed by atoms with Crippen LogP contribution in [0.5, 0.6) is 0 Å². The van der Waals surface area contributed by atoms with Gasteiger partial charge in [-0.15, -0.1) is 0 Å². The minimum absolute atomic E-state index is 0.911. The van der Waals surface area contributed by atoms with Crippen molar-refractivity contribution in [3.05, 3.63) is 212 Å². The van der Waals surface area contributed by atoms with Crippen LogP contribution in [0.3, 0.4) is 0 Å². The van der Waals surface area contributed by atoms with Crippen molar-refractivity contribution in [2.24, 2.45) is 0 Å². The molecule has 0 atom stereocenters. The first-order chi connectivity index (χ1) is 27.7. The van der Waals surface area contributed by atoms with Gasteiger partial charge in [0.25, 0.3) is 0 Å². The molecule has 2 heteroatoms. The summed E-state index contributed by atoms with van der Waals surface area (Å²) in [6.45, 7) is 0. The minimum atomic E-state index is 0.911. The van der Waals surface area contributed by atoms with Gasteiger partial charge < -0.3 is 9.32 Å². The minimum Gasteiger partial charge on any atom is -0.455 e. The van der Waals surface area contributed by atoms with E-state index in [1.165, 1.54) is 43.4 Å². The summed E-state index contributed by atoms with van der Waals surface area (Å²) < 4.78 is 6.41. The van der Waals surface area contributed by atoms with Crippen LogP contribution in [0, 0.1) is 0 Å². The van der Waals surface area contributed by atoms with Crippen LogP contribution in [0.25, 0.3) is 87.6 Å². The van der Waals surface area contributed by atoms with Crippen LogP contribution < -0.4 is 4.90 Å². The summed E-state index contributed by atoms with van der Waals surface area (Å²) >= 11 is 0. The average Bonchev–Trinajstić information content (AvgIpc) is 3.66. The number of furan rings is 1. The van der Waals surface area contributed by atoms with E-state index < -0.39 is 0 Å². The third kappa shape index (κ3) is 5.42. The van der Waals surface area contributed by atoms with Crippen molar-refractivity contribution in [2.45, 2.75) is 0 Å². The normalized spacial score (nSPS) is 11.6. The number of nitrogens with zero attached hydrogens (tertiary/aromatic N) is 1. The van der Waals surface area contributed by atoms with Crippen molar-refractivity contribution in [1.82, 2.24) is 0 Å². The quantitative estimate of drug-likeness (QED) is 0.160. The molecule has 0 amide bonds. The van der Waals surface area contributed by atoms with E-state index in [0.717, 1.165) is 61.3 Å². The number of rotatable bonds is 6. The van der Waals surface area contributed by atoms with Crippen LogP contribution in [0.15, 0.2) is 217 Å². The molecule has 0 aliphatic heterocycles. The first-order valence-corrected chi connectivity index (χ1v) is 19.2. The lowest BCUT2D eigenvalue weighted by Gasteiger charge is -2.28. The predicted molar refractivity (Wildman–Crippen MR) is 237 cm³/mol. The predicted octanol–water partition coefficient (Wildman–Crippen LogP) is 15.5. The Hall–Kier alpha value is -7.42. The molecule has 1 aromatic heterocycles. The lowest BCUT2D eigenvalue weighted by Crippen LogP contribution is -2.10. The molecule has 0 saturated heterocycles. The fourth-order valence-corrected chi connectivity index (χ4v) is 8.46. The lowest BCUT2D eigenvalue weighted by atomic mass is 9.97. The number of fused-ring (bicyclic) bond motifs is 7. The lowest BCUT2D eigenvalue weighted by molar-refractivity contribution is 0.670. The summed E-state index contributed by atoms with van der Waals surface area (Å²) in [6.07, 6.45) is 0. The molecular formula is C54H35NO. The number of para-hydroxylation sites is 2. The van der Waals surface area contributed by atoms with Gasteiger partial charge >= 0.3 is 0 Å². The van der Waals surface area contributed by atoms with Gasteiger partial charge in [0.15, 0.2) is 0 Å². The van der Waals surface area contributed by atoms with E-state index in [1.807, 2.05) is 12.1 Å². The fraction of sp³-hybridized carbons (Fsp3) is 0. The highest BCUT2D eigenvalue weighted by Crippen LogP contribution is 2.43. The standard InChI is InChI=1S/C54H35NO/c1-2-12-39-33-41(24-23-36(39)11-1)38-27-31-45(32-28-38)55(52-35-43-13-3-4-16-46(43)48-17-5-6-18-49(48)52)44-29-25-37(26-30-44)40-14-9-15-42(34-40)47-20-10-21-51-50-19-7-8-22-53(50)56-54(47)51/h1-35H. The summed E-state index contributed by atoms with van der Waals surface area (Å²) in [4.78, 5) is 2.40. The van der Waals surface area contributed by atoms with Gasteiger partial charge in [-0.25, -0.2) is 0 Å². The monoisotopic (exact) mass is 713 g/mol. The molecule has 0 bridgehead atoms. The summed E-state index contributed by atoms with van der Waals surface area (Å²) in [6, 6.07) is 76.5. The van der Waals surface area contributed by atoms with Gasteiger partial charge in [0, 0.05) is 33.1 Å². The maximum absolute atomic E-state index is 6.41. The van der Waals surface area contributed by atoms with Crippen molar-refractivity contribution < 1.29 is 4.42 Å². The highest BCUT2D eigenvalue weighted by Gasteiger charge is 2.18. The fourth-order valence-electron chi connectivity index (χ4n) is 8.46. The van der Waals surface area contributed by atoms with E-state index in [-0.39, 0.29) is 0 Å². The molecule has 0 radical (unpaired) electrons. The van der Waals surface area contributed by atoms with Gasteiger partial charge in [0.1, 0.15) is 11.2 Å². The number of hydrogen-bond acceptors (Lipinski definition) is 2. The zero-order valence-corrected chi connectivity index (χ0v) is 30.6. The number of anilines is 3. The van der Waals surface area contributed by atoms with Crippen molar-refractivity contribution in [1.29, 1.82) is 0 Å². The van der Waals surface area contributed by atoms with Gasteiger partial charge in [-0.3, -0.25) is 0 Å². The summed E-state index contributed by atoms with van der Waals surface area (Å²) in [7, 11) is 0. The molecule has 0 fully saturated rings. The van der Waals surface area contributed by atoms with E-state index >= 15 is 0 Å². The Bertz CT molecular complexity index is 3250. The molecule has 0 aliphatic rings. The second kappa shape index (κ2) is 13.2. The van der Waals surface area contributed by atoms with Crippen LogP contribution in [0.2, 0.25) is 0 Å². The van der Waals surface area contributed by atoms with Crippen molar-refractivity contribution in [2.75, 3.05) is 4.90 Å². The topological polar surface area (TPSA) is 16.4 Å². The van der Waals surface area contributed by atoms with Gasteiger partial charge in [0.2, 0.25) is 0 Å². The van der Waals surface area contributed by atoms with Crippen LogP contribution >= 0.6 is 0 Å². The molecule has 0 aliphatic carbocycles. The Balaban J connectivity index is 1.01. The van der Waals surface area contributed by atoms with Crippen LogP contribution in [0.1, 0.15) is 0 Å². The maximum atomic E-state index is 6.41. The van der Waals surface area contributed by atoms with E-state index in [4.69, 9.17) is 4.42 Å². The molecule has 0 spiro atoms. The Kier molecular flexibility index (Phi) is 7.53. The van der Waals surface area contributed by atoms with Crippen molar-refractivity contribution >= 4 is 71.3 Å². The third-order valence-corrected chi connectivity index (χ3v) is 11.2. The molecule has 1 heterocycles. The first-order valence-electron chi connectivity index (χ1n) is 19.2. The summed E-state index contributed by atoms with van der Waals surface area (Å²) in [5.41, 5.74) is 12.1. The molecule has 2 nitrogen and oxygen atoms in total. The Morgan fingerprint density at radius 3 is 1.62 bits per heavy atom. The smallest absolute Gasteiger partial charge is 0.143 e. The van der Waals surface area contributed by atoms with Gasteiger partial charge in [0.05, 0.1) is 5.69 Å². The molecule has 0 unspecified atom stereocenters. The highest BCUT2D eigenvalue weighted by atomic mass is 16.3. The van der Waals surface area contributed by atoms with E-state index in [9.17, 15) is 0 Å². The molecule has 56 heavy (non-hydrogen) atoms. The SMILES string of the molecule is c1cc(-c2ccc(N(c3ccc(-c4ccc5ccccc5c4)cc3)c3cc4ccccc4c4ccccc34)cc2)cc(-c2cccc3c2oc2ccccc23)c1. The van der Waals surface area contributed by atoms with Gasteiger partial charge in [-0.05, 0) is 103 Å². The Morgan fingerprint density at radius 2 is 0.857 bits per heavy atom. The van der Waals surface area contributed by atoms with Crippen LogP contribution in [0.4, 0.5) is 17.1 Å². The van der Waals surface area contributed by atoms with Crippen molar-refractivity contribution in [3.8, 4) is 33.4 Å². The molecule has 11 aromatic rings. The second-order valence-electron chi connectivity index (χ2n) is 14.5. The Labute approximate surface area is 325 Å². The molecule has 262 valence electrons. The third-order valence-electron chi connectivity index (χ3n) is 11.2. The summed E-state index contributed by atoms with van der Waals surface area (Å²) in [5, 5.41) is 9.70. The number of hydrogen-bond donors (Lipinski definition) is 0. The van der Waals surface area contributed by atoms with E-state index in [1.54, 1.807) is 0 Å². The second-order valence-corrected chi connectivity index (χ2v) is 14.5. The molecule has 0 saturated carbocycles. The summed E-state index contributed by atoms with van der Waals surface area (Å²) in [5.74, 6) is 0. The van der Waals surface area contributed by atoms with E-state index in [0.29, 0.717) is 0 Å². The van der Waals surface area contributed by atoms with E-state index in [2.05, 4.69) is 205 Å². The highest BCUT2D eigenvalue weighted by molar-refractivity contribution is 6.15. The van der Waals surface area contributed by atoms with Gasteiger partial charge in [-0.1, -0.05) is 164 Å². The Morgan fingerprint density at radius 1 is 0.304 bits per heavy atom.